The molecule has 10 aromatic carbocycles. The van der Waals surface area contributed by atoms with Crippen molar-refractivity contribution in [3.8, 4) is 22.3 Å². The number of anilines is 3. The molecule has 0 bridgehead atoms. The number of benzene rings is 10. The van der Waals surface area contributed by atoms with Crippen molar-refractivity contribution in [2.24, 2.45) is 0 Å². The van der Waals surface area contributed by atoms with Gasteiger partial charge < -0.3 is 4.90 Å². The van der Waals surface area contributed by atoms with Crippen LogP contribution in [0.25, 0.3) is 94.9 Å². The van der Waals surface area contributed by atoms with Crippen LogP contribution in [0.15, 0.2) is 200 Å². The predicted octanol–water partition coefficient (Wildman–Crippen LogP) is 16.7. The van der Waals surface area contributed by atoms with Crippen molar-refractivity contribution < 1.29 is 6.85 Å². The molecule has 2 aromatic heterocycles. The van der Waals surface area contributed by atoms with E-state index in [9.17, 15) is 0 Å². The van der Waals surface area contributed by atoms with Gasteiger partial charge in [-0.25, -0.2) is 0 Å². The second-order valence-corrected chi connectivity index (χ2v) is 16.6. The summed E-state index contributed by atoms with van der Waals surface area (Å²) in [5.41, 5.74) is 5.98. The summed E-state index contributed by atoms with van der Waals surface area (Å²) in [5.74, 6) is 0. The van der Waals surface area contributed by atoms with Crippen LogP contribution in [0.3, 0.4) is 0 Å². The van der Waals surface area contributed by atoms with Gasteiger partial charge in [0.25, 0.3) is 0 Å². The molecule has 0 radical (unpaired) electrons. The first-order valence-corrected chi connectivity index (χ1v) is 20.6. The Labute approximate surface area is 344 Å². The lowest BCUT2D eigenvalue weighted by molar-refractivity contribution is 1.32. The SMILES string of the molecule is [2H]c1c([2H])c([2H])c(-c2ccc(N(c3ccc4c(c3)sc3ccc5ccccc5c34)c3ccc(-c4ccc5c(c4)sc4ccccc45)c4ccccc34)c3ccccc23)c([2H])c1[2H]. The average Bonchev–Trinajstić information content (AvgIpc) is 3.89. The zero-order valence-electron chi connectivity index (χ0n) is 35.4. The maximum atomic E-state index is 8.90. The number of rotatable bonds is 5. The molecule has 1 nitrogen and oxygen atoms in total. The molecule has 0 unspecified atom stereocenters. The Morgan fingerprint density at radius 3 is 1.70 bits per heavy atom. The molecule has 0 atom stereocenters. The standard InChI is InChI=1S/C54H33NS2/c1-2-12-34(13-3-1)38-27-29-48(43-18-8-6-16-41(38)43)55(37-24-26-47-53(33-37)57-51-31-23-35-14-4-5-15-40(35)54(47)51)49-30-28-39(42-17-7-9-19-44(42)49)36-22-25-46-45-20-10-11-21-50(45)56-52(46)32-36/h1-33H/i1D,2D,3D,12D,13D. The van der Waals surface area contributed by atoms with E-state index in [1.54, 1.807) is 11.3 Å². The summed E-state index contributed by atoms with van der Waals surface area (Å²) < 4.78 is 48.0. The number of hydrogen-bond acceptors (Lipinski definition) is 3. The van der Waals surface area contributed by atoms with Crippen molar-refractivity contribution in [2.75, 3.05) is 4.90 Å². The van der Waals surface area contributed by atoms with Crippen LogP contribution in [-0.4, -0.2) is 0 Å². The van der Waals surface area contributed by atoms with E-state index in [2.05, 4.69) is 144 Å². The Kier molecular flexibility index (Phi) is 6.28. The molecule has 0 N–H and O–H groups in total. The Morgan fingerprint density at radius 2 is 0.947 bits per heavy atom. The molecule has 12 aromatic rings. The van der Waals surface area contributed by atoms with Crippen LogP contribution >= 0.6 is 22.7 Å². The highest BCUT2D eigenvalue weighted by atomic mass is 32.1. The highest BCUT2D eigenvalue weighted by Gasteiger charge is 2.22. The van der Waals surface area contributed by atoms with E-state index in [-0.39, 0.29) is 29.7 Å². The van der Waals surface area contributed by atoms with Gasteiger partial charge in [-0.15, -0.1) is 22.7 Å². The summed E-state index contributed by atoms with van der Waals surface area (Å²) in [6.07, 6.45) is 0. The minimum absolute atomic E-state index is 0.189. The van der Waals surface area contributed by atoms with Crippen LogP contribution in [0.4, 0.5) is 17.1 Å². The largest absolute Gasteiger partial charge is 0.309 e. The Hall–Kier alpha value is -6.78. The molecule has 0 spiro atoms. The van der Waals surface area contributed by atoms with Crippen LogP contribution in [0.5, 0.6) is 0 Å². The maximum Gasteiger partial charge on any atom is 0.0629 e. The molecule has 266 valence electrons. The van der Waals surface area contributed by atoms with Crippen LogP contribution in [0.2, 0.25) is 0 Å². The van der Waals surface area contributed by atoms with Crippen LogP contribution in [0, 0.1) is 0 Å². The fraction of sp³-hybridized carbons (Fsp3) is 0. The number of fused-ring (bicyclic) bond motifs is 10. The predicted molar refractivity (Wildman–Crippen MR) is 250 cm³/mol. The summed E-state index contributed by atoms with van der Waals surface area (Å²) >= 11 is 3.62. The quantitative estimate of drug-likeness (QED) is 0.169. The van der Waals surface area contributed by atoms with Gasteiger partial charge in [0.1, 0.15) is 0 Å². The molecule has 12 rings (SSSR count). The fourth-order valence-electron chi connectivity index (χ4n) is 8.79. The summed E-state index contributed by atoms with van der Waals surface area (Å²) in [6, 6.07) is 58.7. The van der Waals surface area contributed by atoms with Gasteiger partial charge in [-0.3, -0.25) is 0 Å². The van der Waals surface area contributed by atoms with E-state index < -0.39 is 6.04 Å². The number of nitrogens with zero attached hydrogens (tertiary/aromatic N) is 1. The number of hydrogen-bond donors (Lipinski definition) is 0. The monoisotopic (exact) mass is 764 g/mol. The van der Waals surface area contributed by atoms with Crippen molar-refractivity contribution in [1.29, 1.82) is 0 Å². The minimum atomic E-state index is -0.403. The van der Waals surface area contributed by atoms with E-state index in [1.165, 1.54) is 51.1 Å². The van der Waals surface area contributed by atoms with Gasteiger partial charge in [-0.2, -0.15) is 0 Å². The topological polar surface area (TPSA) is 3.24 Å². The molecular weight excluding hydrogens is 727 g/mol. The highest BCUT2D eigenvalue weighted by molar-refractivity contribution is 7.26. The van der Waals surface area contributed by atoms with Crippen LogP contribution in [-0.2, 0) is 0 Å². The van der Waals surface area contributed by atoms with Crippen LogP contribution in [0.1, 0.15) is 6.85 Å². The maximum absolute atomic E-state index is 8.90. The molecule has 3 heteroatoms. The fourth-order valence-corrected chi connectivity index (χ4v) is 11.1. The van der Waals surface area contributed by atoms with E-state index in [0.717, 1.165) is 49.7 Å². The third-order valence-corrected chi connectivity index (χ3v) is 13.6. The molecular formula is C54H33NS2. The van der Waals surface area contributed by atoms with E-state index >= 15 is 0 Å². The molecule has 0 aliphatic heterocycles. The van der Waals surface area contributed by atoms with Crippen molar-refractivity contribution in [3.63, 3.8) is 0 Å². The Bertz CT molecular complexity index is 3820. The Morgan fingerprint density at radius 1 is 0.368 bits per heavy atom. The average molecular weight is 765 g/mol. The zero-order chi connectivity index (χ0) is 41.8. The normalized spacial score (nSPS) is 13.1. The molecule has 0 fully saturated rings. The summed E-state index contributed by atoms with van der Waals surface area (Å²) in [4.78, 5) is 2.33. The first kappa shape index (κ1) is 27.7. The second-order valence-electron chi connectivity index (χ2n) is 14.4. The molecule has 0 amide bonds. The van der Waals surface area contributed by atoms with Gasteiger partial charge in [-0.1, -0.05) is 158 Å². The highest BCUT2D eigenvalue weighted by Crippen LogP contribution is 2.48. The third-order valence-electron chi connectivity index (χ3n) is 11.3. The lowest BCUT2D eigenvalue weighted by Gasteiger charge is -2.29. The van der Waals surface area contributed by atoms with Gasteiger partial charge >= 0.3 is 0 Å². The van der Waals surface area contributed by atoms with Crippen molar-refractivity contribution in [3.05, 3.63) is 200 Å². The Balaban J connectivity index is 1.11. The third kappa shape index (κ3) is 5.13. The lowest BCUT2D eigenvalue weighted by Crippen LogP contribution is -2.11. The van der Waals surface area contributed by atoms with Gasteiger partial charge in [-0.05, 0) is 86.3 Å². The lowest BCUT2D eigenvalue weighted by atomic mass is 9.94. The van der Waals surface area contributed by atoms with Crippen molar-refractivity contribution in [1.82, 2.24) is 0 Å². The van der Waals surface area contributed by atoms with Gasteiger partial charge in [0.2, 0.25) is 0 Å². The molecule has 0 saturated heterocycles. The zero-order valence-corrected chi connectivity index (χ0v) is 32.1. The van der Waals surface area contributed by atoms with E-state index in [1.807, 2.05) is 41.7 Å². The first-order chi connectivity index (χ1) is 30.3. The van der Waals surface area contributed by atoms with E-state index in [0.29, 0.717) is 5.56 Å². The van der Waals surface area contributed by atoms with Crippen LogP contribution < -0.4 is 4.90 Å². The summed E-state index contributed by atoms with van der Waals surface area (Å²) in [5, 5.41) is 11.4. The minimum Gasteiger partial charge on any atom is -0.309 e. The summed E-state index contributed by atoms with van der Waals surface area (Å²) in [7, 11) is 0. The molecule has 0 aliphatic rings. The molecule has 2 heterocycles. The first-order valence-electron chi connectivity index (χ1n) is 21.5. The van der Waals surface area contributed by atoms with Gasteiger partial charge in [0.05, 0.1) is 18.2 Å². The van der Waals surface area contributed by atoms with Crippen molar-refractivity contribution in [2.45, 2.75) is 0 Å². The number of thiophene rings is 2. The van der Waals surface area contributed by atoms with E-state index in [4.69, 9.17) is 6.85 Å². The molecule has 57 heavy (non-hydrogen) atoms. The van der Waals surface area contributed by atoms with Gasteiger partial charge in [0, 0.05) is 56.8 Å². The molecule has 0 saturated carbocycles. The van der Waals surface area contributed by atoms with Crippen molar-refractivity contribution >= 4 is 112 Å². The van der Waals surface area contributed by atoms with Gasteiger partial charge in [0.15, 0.2) is 0 Å². The second kappa shape index (κ2) is 12.9. The molecule has 0 aliphatic carbocycles. The smallest absolute Gasteiger partial charge is 0.0629 e. The summed E-state index contributed by atoms with van der Waals surface area (Å²) in [6.45, 7) is 0.